The van der Waals surface area contributed by atoms with Gasteiger partial charge in [0.05, 0.1) is 0 Å². The molecule has 0 saturated carbocycles. The van der Waals surface area contributed by atoms with E-state index in [1.807, 2.05) is 0 Å². The van der Waals surface area contributed by atoms with Crippen LogP contribution < -0.4 is 0 Å². The van der Waals surface area contributed by atoms with Gasteiger partial charge in [0.25, 0.3) is 0 Å². The molecule has 7 heteroatoms. The summed E-state index contributed by atoms with van der Waals surface area (Å²) < 4.78 is 85.7. The summed E-state index contributed by atoms with van der Waals surface area (Å²) in [5, 5.41) is 0. The fraction of sp³-hybridized carbons (Fsp3) is 0.250. The van der Waals surface area contributed by atoms with Gasteiger partial charge in [-0.1, -0.05) is 46.7 Å². The maximum absolute atomic E-state index is 13.6. The largest absolute Gasteiger partial charge is 0.410 e. The molecule has 23 heavy (non-hydrogen) atoms. The van der Waals surface area contributed by atoms with E-state index < -0.39 is 49.6 Å². The number of rotatable bonds is 4. The van der Waals surface area contributed by atoms with Crippen LogP contribution in [0.5, 0.6) is 0 Å². The van der Waals surface area contributed by atoms with Crippen LogP contribution in [0.4, 0.5) is 26.3 Å². The first kappa shape index (κ1) is 19.7. The van der Waals surface area contributed by atoms with Gasteiger partial charge in [0.2, 0.25) is 5.41 Å². The minimum atomic E-state index is -5.53. The Balaban J connectivity index is 3.73. The van der Waals surface area contributed by atoms with Gasteiger partial charge in [-0.05, 0) is 48.9 Å². The van der Waals surface area contributed by atoms with E-state index in [0.29, 0.717) is 0 Å². The molecule has 0 atom stereocenters. The van der Waals surface area contributed by atoms with Gasteiger partial charge >= 0.3 is 12.4 Å². The Kier molecular flexibility index (Phi) is 6.41. The van der Waals surface area contributed by atoms with Crippen LogP contribution in [0.3, 0.4) is 0 Å². The lowest BCUT2D eigenvalue weighted by atomic mass is 9.73. The summed E-state index contributed by atoms with van der Waals surface area (Å²) in [4.78, 5) is 0. The van der Waals surface area contributed by atoms with Gasteiger partial charge in [-0.25, -0.2) is 0 Å². The highest BCUT2D eigenvalue weighted by Crippen LogP contribution is 2.56. The van der Waals surface area contributed by atoms with Crippen molar-refractivity contribution in [3.8, 4) is 0 Å². The van der Waals surface area contributed by atoms with E-state index in [-0.39, 0.29) is 0 Å². The van der Waals surface area contributed by atoms with Gasteiger partial charge in [0.15, 0.2) is 0 Å². The third-order valence-corrected chi connectivity index (χ3v) is 4.34. The lowest BCUT2D eigenvalue weighted by molar-refractivity contribution is -0.289. The molecular formula is C16H13F6I. The minimum absolute atomic E-state index is 0.702. The first-order valence-electron chi connectivity index (χ1n) is 6.27. The summed E-state index contributed by atoms with van der Waals surface area (Å²) in [5.41, 5.74) is -5.77. The molecule has 0 spiro atoms. The highest BCUT2D eigenvalue weighted by atomic mass is 127. The van der Waals surface area contributed by atoms with Gasteiger partial charge in [-0.15, -0.1) is 0 Å². The molecule has 0 saturated heterocycles. The van der Waals surface area contributed by atoms with Crippen molar-refractivity contribution in [1.29, 1.82) is 0 Å². The number of hydrogen-bond donors (Lipinski definition) is 0. The molecule has 0 heterocycles. The molecule has 0 aromatic heterocycles. The molecule has 0 amide bonds. The summed E-state index contributed by atoms with van der Waals surface area (Å²) in [5.74, 6) is 0. The van der Waals surface area contributed by atoms with Crippen LogP contribution in [-0.4, -0.2) is 16.0 Å². The minimum Gasteiger partial charge on any atom is -0.169 e. The Labute approximate surface area is 140 Å². The highest BCUT2D eigenvalue weighted by Gasteiger charge is 2.72. The maximum Gasteiger partial charge on any atom is 0.410 e. The molecule has 0 N–H and O–H groups in total. The second-order valence-electron chi connectivity index (χ2n) is 4.50. The lowest BCUT2D eigenvalue weighted by Gasteiger charge is -2.38. The van der Waals surface area contributed by atoms with Gasteiger partial charge in [0.1, 0.15) is 0 Å². The van der Waals surface area contributed by atoms with Crippen LogP contribution in [0.2, 0.25) is 0 Å². The number of halogens is 7. The van der Waals surface area contributed by atoms with Crippen molar-refractivity contribution in [2.75, 3.05) is 0 Å². The van der Waals surface area contributed by atoms with E-state index in [9.17, 15) is 26.3 Å². The first-order chi connectivity index (χ1) is 10.6. The van der Waals surface area contributed by atoms with Crippen molar-refractivity contribution in [2.24, 2.45) is 0 Å². The van der Waals surface area contributed by atoms with Crippen LogP contribution in [-0.2, 0) is 5.41 Å². The van der Waals surface area contributed by atoms with Crippen LogP contribution in [0, 0.1) is 0 Å². The Morgan fingerprint density at radius 3 is 2.00 bits per heavy atom. The number of alkyl halides is 6. The second kappa shape index (κ2) is 7.49. The topological polar surface area (TPSA) is 0 Å². The smallest absolute Gasteiger partial charge is 0.169 e. The fourth-order valence-corrected chi connectivity index (χ4v) is 2.86. The van der Waals surface area contributed by atoms with E-state index >= 15 is 0 Å². The predicted octanol–water partition coefficient (Wildman–Crippen LogP) is 6.07. The summed E-state index contributed by atoms with van der Waals surface area (Å²) in [6.07, 6.45) is -9.15. The summed E-state index contributed by atoms with van der Waals surface area (Å²) in [6.45, 7) is 4.27. The average Bonchev–Trinajstić information content (AvgIpc) is 2.42. The number of hydrogen-bond acceptors (Lipinski definition) is 0. The quantitative estimate of drug-likeness (QED) is 0.300. The Bertz CT molecular complexity index is 617. The molecule has 1 aromatic carbocycles. The zero-order valence-electron chi connectivity index (χ0n) is 12.0. The number of allylic oxidation sites excluding steroid dienone is 3. The van der Waals surface area contributed by atoms with Gasteiger partial charge in [0, 0.05) is 0 Å². The van der Waals surface area contributed by atoms with Crippen molar-refractivity contribution >= 4 is 24.4 Å². The third-order valence-electron chi connectivity index (χ3n) is 3.19. The van der Waals surface area contributed by atoms with E-state index in [0.717, 1.165) is 43.3 Å². The van der Waals surface area contributed by atoms with E-state index in [4.69, 9.17) is 0 Å². The zero-order valence-corrected chi connectivity index (χ0v) is 14.1. The van der Waals surface area contributed by atoms with Crippen LogP contribution in [0.25, 0.3) is 0 Å². The molecule has 0 bridgehead atoms. The monoisotopic (exact) mass is 446 g/mol. The Hall–Kier alpha value is -1.34. The average molecular weight is 446 g/mol. The molecule has 0 nitrogen and oxygen atoms in total. The summed E-state index contributed by atoms with van der Waals surface area (Å²) in [7, 11) is 0. The SMILES string of the molecule is C=CI=C=C/C=C(\C)C(c1ccccc1)(C(F)(F)F)C(F)(F)F. The Morgan fingerprint density at radius 1 is 1.04 bits per heavy atom. The summed E-state index contributed by atoms with van der Waals surface area (Å²) in [6, 6.07) is 5.34. The normalized spacial score (nSPS) is 13.4. The van der Waals surface area contributed by atoms with Crippen molar-refractivity contribution in [2.45, 2.75) is 24.7 Å². The molecule has 0 aliphatic heterocycles. The molecular weight excluding hydrogens is 433 g/mol. The number of benzene rings is 1. The molecule has 1 rings (SSSR count). The predicted molar refractivity (Wildman–Crippen MR) is 87.8 cm³/mol. The molecule has 0 unspecified atom stereocenters. The third kappa shape index (κ3) is 3.95. The van der Waals surface area contributed by atoms with Crippen LogP contribution in [0.15, 0.2) is 58.7 Å². The molecule has 0 aliphatic rings. The van der Waals surface area contributed by atoms with Gasteiger partial charge in [-0.3, -0.25) is 0 Å². The van der Waals surface area contributed by atoms with Gasteiger partial charge < -0.3 is 0 Å². The highest BCUT2D eigenvalue weighted by molar-refractivity contribution is 14.2. The van der Waals surface area contributed by atoms with Crippen molar-refractivity contribution in [3.63, 3.8) is 0 Å². The van der Waals surface area contributed by atoms with Crippen molar-refractivity contribution in [3.05, 3.63) is 64.3 Å². The van der Waals surface area contributed by atoms with E-state index in [2.05, 4.69) is 10.2 Å². The van der Waals surface area contributed by atoms with E-state index in [1.165, 1.54) is 10.1 Å². The molecule has 0 aliphatic carbocycles. The fourth-order valence-electron chi connectivity index (χ4n) is 2.21. The van der Waals surface area contributed by atoms with Gasteiger partial charge in [-0.2, -0.15) is 26.3 Å². The summed E-state index contributed by atoms with van der Waals surface area (Å²) >= 11 is -0.702. The molecule has 1 aromatic rings. The Morgan fingerprint density at radius 2 is 1.57 bits per heavy atom. The standard InChI is InChI=1S/C16H13F6I/c1-3-23-11-7-8-12(2)14(15(17,18)19,16(20,21)22)13-9-5-4-6-10-13/h3-10H,1H2,2H3/b12-8+. The maximum atomic E-state index is 13.6. The van der Waals surface area contributed by atoms with Crippen molar-refractivity contribution < 1.29 is 26.3 Å². The van der Waals surface area contributed by atoms with Crippen molar-refractivity contribution in [1.82, 2.24) is 0 Å². The first-order valence-corrected chi connectivity index (χ1v) is 8.60. The molecule has 0 radical (unpaired) electrons. The molecule has 126 valence electrons. The zero-order chi connectivity index (χ0) is 17.7. The van der Waals surface area contributed by atoms with Crippen LogP contribution in [0.1, 0.15) is 12.5 Å². The lowest BCUT2D eigenvalue weighted by Crippen LogP contribution is -2.54. The van der Waals surface area contributed by atoms with Crippen LogP contribution >= 0.6 is 20.7 Å². The van der Waals surface area contributed by atoms with E-state index in [1.54, 1.807) is 0 Å². The molecule has 0 fully saturated rings. The second-order valence-corrected chi connectivity index (χ2v) is 6.63.